The monoisotopic (exact) mass is 387 g/mol. The second-order valence-electron chi connectivity index (χ2n) is 6.35. The van der Waals surface area contributed by atoms with E-state index in [1.807, 2.05) is 24.3 Å². The number of aryl methyl sites for hydroxylation is 1. The molecule has 2 atom stereocenters. The lowest BCUT2D eigenvalue weighted by atomic mass is 9.88. The average Bonchev–Trinajstić information content (AvgIpc) is 2.55. The lowest BCUT2D eigenvalue weighted by Crippen LogP contribution is -2.36. The molecule has 1 aliphatic rings. The Kier molecular flexibility index (Phi) is 5.21. The molecule has 4 N–H and O–H groups in total. The highest BCUT2D eigenvalue weighted by molar-refractivity contribution is 9.10. The van der Waals surface area contributed by atoms with E-state index in [1.165, 1.54) is 16.7 Å². The third-order valence-electron chi connectivity index (χ3n) is 4.56. The number of nitrogens with one attached hydrogen (secondary N) is 2. The Balaban J connectivity index is 1.62. The fourth-order valence-electron chi connectivity index (χ4n) is 3.31. The minimum atomic E-state index is -0.540. The number of urea groups is 1. The van der Waals surface area contributed by atoms with Crippen LogP contribution in [-0.4, -0.2) is 12.1 Å². The molecule has 0 aliphatic heterocycles. The van der Waals surface area contributed by atoms with E-state index in [0.29, 0.717) is 6.04 Å². The number of anilines is 1. The highest BCUT2D eigenvalue weighted by Gasteiger charge is 2.20. The van der Waals surface area contributed by atoms with Crippen molar-refractivity contribution in [3.8, 4) is 0 Å². The van der Waals surface area contributed by atoms with Gasteiger partial charge in [0.05, 0.1) is 0 Å². The van der Waals surface area contributed by atoms with Crippen molar-refractivity contribution in [1.82, 2.24) is 5.32 Å². The fraction of sp³-hybridized carbons (Fsp3) is 0.316. The molecule has 2 unspecified atom stereocenters. The van der Waals surface area contributed by atoms with E-state index in [1.54, 1.807) is 0 Å². The summed E-state index contributed by atoms with van der Waals surface area (Å²) >= 11 is 3.55. The molecule has 5 heteroatoms. The number of benzene rings is 2. The van der Waals surface area contributed by atoms with Crippen LogP contribution >= 0.6 is 15.9 Å². The number of carbonyl (C=O) groups excluding carboxylic acids is 1. The van der Waals surface area contributed by atoms with Crippen LogP contribution in [-0.2, 0) is 12.8 Å². The molecule has 0 heterocycles. The van der Waals surface area contributed by atoms with E-state index in [0.717, 1.165) is 29.4 Å². The number of primary amides is 1. The summed E-state index contributed by atoms with van der Waals surface area (Å²) in [6.45, 7) is 2.17. The number of fused-ring (bicyclic) bond motifs is 1. The Morgan fingerprint density at radius 3 is 2.67 bits per heavy atom. The first-order valence-corrected chi connectivity index (χ1v) is 9.00. The van der Waals surface area contributed by atoms with Crippen LogP contribution in [0.3, 0.4) is 0 Å². The largest absolute Gasteiger partial charge is 0.351 e. The van der Waals surface area contributed by atoms with Crippen molar-refractivity contribution in [3.05, 3.63) is 63.6 Å². The first-order valence-electron chi connectivity index (χ1n) is 8.21. The second-order valence-corrected chi connectivity index (χ2v) is 7.27. The van der Waals surface area contributed by atoms with Crippen LogP contribution in [0.5, 0.6) is 0 Å². The van der Waals surface area contributed by atoms with E-state index in [9.17, 15) is 4.79 Å². The van der Waals surface area contributed by atoms with Gasteiger partial charge in [-0.2, -0.15) is 0 Å². The highest BCUT2D eigenvalue weighted by atomic mass is 79.9. The second kappa shape index (κ2) is 7.36. The van der Waals surface area contributed by atoms with Crippen molar-refractivity contribution in [1.29, 1.82) is 0 Å². The van der Waals surface area contributed by atoms with Gasteiger partial charge in [-0.05, 0) is 67.1 Å². The lowest BCUT2D eigenvalue weighted by Gasteiger charge is -2.29. The van der Waals surface area contributed by atoms with Crippen molar-refractivity contribution >= 4 is 27.6 Å². The number of nitrogens with two attached hydrogens (primary N) is 1. The molecular formula is C19H22BrN3O. The summed E-state index contributed by atoms with van der Waals surface area (Å²) in [7, 11) is 0. The maximum absolute atomic E-state index is 10.9. The number of amides is 2. The van der Waals surface area contributed by atoms with E-state index >= 15 is 0 Å². The molecule has 0 aromatic heterocycles. The zero-order valence-electron chi connectivity index (χ0n) is 13.7. The number of hydrogen-bond donors (Lipinski definition) is 3. The predicted octanol–water partition coefficient (Wildman–Crippen LogP) is 4.15. The van der Waals surface area contributed by atoms with Gasteiger partial charge in [0.1, 0.15) is 0 Å². The van der Waals surface area contributed by atoms with Crippen molar-refractivity contribution < 1.29 is 4.79 Å². The molecule has 2 amide bonds. The third kappa shape index (κ3) is 4.16. The number of carbonyl (C=O) groups is 1. The minimum absolute atomic E-state index is 0.259. The molecule has 0 spiro atoms. The number of hydrogen-bond acceptors (Lipinski definition) is 2. The maximum atomic E-state index is 10.9. The van der Waals surface area contributed by atoms with Crippen molar-refractivity contribution in [2.24, 2.45) is 5.73 Å². The summed E-state index contributed by atoms with van der Waals surface area (Å²) in [5, 5.41) is 6.31. The van der Waals surface area contributed by atoms with E-state index in [2.05, 4.69) is 51.7 Å². The molecule has 2 aromatic carbocycles. The zero-order valence-corrected chi connectivity index (χ0v) is 15.3. The Labute approximate surface area is 151 Å². The molecule has 1 aliphatic carbocycles. The first-order chi connectivity index (χ1) is 11.5. The van der Waals surface area contributed by atoms with Gasteiger partial charge in [0.25, 0.3) is 0 Å². The Morgan fingerprint density at radius 2 is 1.96 bits per heavy atom. The van der Waals surface area contributed by atoms with Gasteiger partial charge in [0.2, 0.25) is 0 Å². The molecule has 0 saturated heterocycles. The third-order valence-corrected chi connectivity index (χ3v) is 5.05. The molecule has 126 valence electrons. The van der Waals surface area contributed by atoms with Crippen LogP contribution in [0.15, 0.2) is 46.9 Å². The molecule has 0 bridgehead atoms. The number of halogens is 1. The molecule has 2 aromatic rings. The topological polar surface area (TPSA) is 67.2 Å². The van der Waals surface area contributed by atoms with Gasteiger partial charge in [0, 0.05) is 22.2 Å². The van der Waals surface area contributed by atoms with Crippen molar-refractivity contribution in [2.75, 3.05) is 5.32 Å². The molecular weight excluding hydrogens is 366 g/mol. The summed E-state index contributed by atoms with van der Waals surface area (Å²) in [6.07, 6.45) is 3.32. The van der Waals surface area contributed by atoms with Gasteiger partial charge in [-0.15, -0.1) is 0 Å². The smallest absolute Gasteiger partial charge is 0.316 e. The summed E-state index contributed by atoms with van der Waals surface area (Å²) in [4.78, 5) is 10.9. The van der Waals surface area contributed by atoms with Crippen LogP contribution in [0, 0.1) is 0 Å². The summed E-state index contributed by atoms with van der Waals surface area (Å²) in [5.74, 6) is 0. The van der Waals surface area contributed by atoms with Gasteiger partial charge in [0.15, 0.2) is 0 Å². The van der Waals surface area contributed by atoms with E-state index in [4.69, 9.17) is 5.73 Å². The van der Waals surface area contributed by atoms with Crippen LogP contribution in [0.2, 0.25) is 0 Å². The zero-order chi connectivity index (χ0) is 17.1. The average molecular weight is 388 g/mol. The Bertz CT molecular complexity index is 730. The summed E-state index contributed by atoms with van der Waals surface area (Å²) < 4.78 is 1.16. The molecule has 0 saturated carbocycles. The van der Waals surface area contributed by atoms with Gasteiger partial charge < -0.3 is 16.4 Å². The van der Waals surface area contributed by atoms with Crippen LogP contribution in [0.4, 0.5) is 10.5 Å². The summed E-state index contributed by atoms with van der Waals surface area (Å²) in [5.41, 5.74) is 9.94. The molecule has 3 rings (SSSR count). The van der Waals surface area contributed by atoms with Crippen LogP contribution < -0.4 is 16.4 Å². The highest BCUT2D eigenvalue weighted by Crippen LogP contribution is 2.26. The van der Waals surface area contributed by atoms with Crippen LogP contribution in [0.25, 0.3) is 0 Å². The lowest BCUT2D eigenvalue weighted by molar-refractivity contribution is 0.259. The van der Waals surface area contributed by atoms with Gasteiger partial charge in [-0.25, -0.2) is 4.79 Å². The quantitative estimate of drug-likeness (QED) is 0.737. The summed E-state index contributed by atoms with van der Waals surface area (Å²) in [6, 6.07) is 14.6. The van der Waals surface area contributed by atoms with Crippen molar-refractivity contribution in [2.45, 2.75) is 38.3 Å². The van der Waals surface area contributed by atoms with Gasteiger partial charge in [-0.3, -0.25) is 0 Å². The number of rotatable bonds is 4. The first kappa shape index (κ1) is 17.0. The van der Waals surface area contributed by atoms with E-state index in [-0.39, 0.29) is 6.04 Å². The molecule has 4 nitrogen and oxygen atoms in total. The SMILES string of the molecule is CC(NC1CCc2cc(Br)ccc2C1)c1ccc(NC(N)=O)cc1. The fourth-order valence-corrected chi connectivity index (χ4v) is 3.72. The molecule has 0 fully saturated rings. The van der Waals surface area contributed by atoms with Crippen molar-refractivity contribution in [3.63, 3.8) is 0 Å². The Morgan fingerprint density at radius 1 is 1.21 bits per heavy atom. The minimum Gasteiger partial charge on any atom is -0.351 e. The van der Waals surface area contributed by atoms with E-state index < -0.39 is 6.03 Å². The normalized spacial score (nSPS) is 17.8. The van der Waals surface area contributed by atoms with Gasteiger partial charge >= 0.3 is 6.03 Å². The Hall–Kier alpha value is -1.85. The molecule has 0 radical (unpaired) electrons. The predicted molar refractivity (Wildman–Crippen MR) is 101 cm³/mol. The van der Waals surface area contributed by atoms with Crippen LogP contribution in [0.1, 0.15) is 36.1 Å². The maximum Gasteiger partial charge on any atom is 0.316 e. The standard InChI is InChI=1S/C19H22BrN3O/c1-12(13-3-7-17(8-4-13)23-19(21)24)22-18-9-5-14-10-16(20)6-2-15(14)11-18/h2-4,6-8,10,12,18,22H,5,9,11H2,1H3,(H3,21,23,24). The molecule has 24 heavy (non-hydrogen) atoms. The van der Waals surface area contributed by atoms with Gasteiger partial charge in [-0.1, -0.05) is 34.1 Å².